The number of aromatic hydroxyl groups is 1. The van der Waals surface area contributed by atoms with Crippen molar-refractivity contribution in [1.29, 1.82) is 0 Å². The first-order chi connectivity index (χ1) is 12.0. The lowest BCUT2D eigenvalue weighted by molar-refractivity contribution is 0.104. The summed E-state index contributed by atoms with van der Waals surface area (Å²) in [6, 6.07) is 7.55. The molecule has 3 rings (SSSR count). The van der Waals surface area contributed by atoms with Gasteiger partial charge in [0.25, 0.3) is 5.56 Å². The molecule has 25 heavy (non-hydrogen) atoms. The minimum absolute atomic E-state index is 0.0338. The number of rotatable bonds is 5. The molecule has 0 aliphatic heterocycles. The van der Waals surface area contributed by atoms with Gasteiger partial charge in [-0.05, 0) is 23.8 Å². The Balaban J connectivity index is 2.01. The molecule has 0 saturated carbocycles. The Kier molecular flexibility index (Phi) is 4.21. The van der Waals surface area contributed by atoms with Crippen LogP contribution in [0.2, 0.25) is 0 Å². The molecule has 0 bridgehead atoms. The highest BCUT2D eigenvalue weighted by atomic mass is 16.3. The number of ketones is 1. The third-order valence-electron chi connectivity index (χ3n) is 3.77. The Labute approximate surface area is 141 Å². The third-order valence-corrected chi connectivity index (χ3v) is 3.77. The van der Waals surface area contributed by atoms with Crippen LogP contribution < -0.4 is 11.2 Å². The summed E-state index contributed by atoms with van der Waals surface area (Å²) in [5.74, 6) is -1.39. The highest BCUT2D eigenvalue weighted by molar-refractivity contribution is 6.08. The van der Waals surface area contributed by atoms with Gasteiger partial charge in [0, 0.05) is 23.6 Å². The van der Waals surface area contributed by atoms with Crippen molar-refractivity contribution in [3.05, 3.63) is 81.2 Å². The van der Waals surface area contributed by atoms with Gasteiger partial charge in [-0.1, -0.05) is 24.3 Å². The summed E-state index contributed by atoms with van der Waals surface area (Å²) >= 11 is 0. The fourth-order valence-corrected chi connectivity index (χ4v) is 2.56. The Hall–Kier alpha value is -3.61. The van der Waals surface area contributed by atoms with Crippen molar-refractivity contribution in [3.63, 3.8) is 0 Å². The molecule has 0 saturated heterocycles. The Bertz CT molecular complexity index is 1120. The van der Waals surface area contributed by atoms with Crippen LogP contribution in [0.3, 0.4) is 0 Å². The van der Waals surface area contributed by atoms with Gasteiger partial charge in [-0.3, -0.25) is 19.1 Å². The van der Waals surface area contributed by atoms with Crippen LogP contribution in [0.15, 0.2) is 58.8 Å². The quantitative estimate of drug-likeness (QED) is 0.375. The van der Waals surface area contributed by atoms with E-state index in [1.54, 1.807) is 12.3 Å². The zero-order valence-corrected chi connectivity index (χ0v) is 13.2. The molecule has 0 unspecified atom stereocenters. The van der Waals surface area contributed by atoms with Crippen LogP contribution in [0.5, 0.6) is 5.88 Å². The van der Waals surface area contributed by atoms with Crippen LogP contribution in [-0.4, -0.2) is 25.4 Å². The number of carbonyl (C=O) groups excluding carboxylic acids is 1. The number of aromatic amines is 2. The average molecular weight is 337 g/mol. The maximum absolute atomic E-state index is 12.4. The lowest BCUT2D eigenvalue weighted by atomic mass is 10.1. The van der Waals surface area contributed by atoms with Crippen molar-refractivity contribution < 1.29 is 9.90 Å². The number of nitrogens with zero attached hydrogens (tertiary/aromatic N) is 1. The Morgan fingerprint density at radius 3 is 2.80 bits per heavy atom. The molecule has 3 N–H and O–H groups in total. The predicted molar refractivity (Wildman–Crippen MR) is 94.8 cm³/mol. The predicted octanol–water partition coefficient (Wildman–Crippen LogP) is 1.81. The molecule has 2 aromatic heterocycles. The van der Waals surface area contributed by atoms with Crippen LogP contribution in [0.4, 0.5) is 0 Å². The summed E-state index contributed by atoms with van der Waals surface area (Å²) in [5, 5.41) is 11.0. The molecule has 7 nitrogen and oxygen atoms in total. The maximum atomic E-state index is 12.4. The smallest absolute Gasteiger partial charge is 0.331 e. The molecule has 1 aromatic carbocycles. The number of fused-ring (bicyclic) bond motifs is 1. The van der Waals surface area contributed by atoms with Crippen molar-refractivity contribution in [2.75, 3.05) is 0 Å². The molecule has 2 heterocycles. The van der Waals surface area contributed by atoms with Gasteiger partial charge in [-0.15, -0.1) is 6.58 Å². The molecule has 0 aliphatic rings. The molecule has 0 radical (unpaired) electrons. The number of aromatic nitrogens is 3. The molecule has 0 atom stereocenters. The second-order valence-electron chi connectivity index (χ2n) is 5.34. The van der Waals surface area contributed by atoms with Crippen LogP contribution >= 0.6 is 0 Å². The largest absolute Gasteiger partial charge is 0.494 e. The topological polar surface area (TPSA) is 108 Å². The first kappa shape index (κ1) is 16.3. The van der Waals surface area contributed by atoms with Crippen LogP contribution in [-0.2, 0) is 6.54 Å². The third kappa shape index (κ3) is 2.94. The van der Waals surface area contributed by atoms with E-state index in [1.165, 1.54) is 12.2 Å². The van der Waals surface area contributed by atoms with Gasteiger partial charge in [0.1, 0.15) is 5.56 Å². The van der Waals surface area contributed by atoms with Crippen molar-refractivity contribution in [2.45, 2.75) is 6.54 Å². The first-order valence-electron chi connectivity index (χ1n) is 7.48. The van der Waals surface area contributed by atoms with Crippen LogP contribution in [0, 0.1) is 0 Å². The Morgan fingerprint density at radius 1 is 1.28 bits per heavy atom. The number of para-hydroxylation sites is 1. The Morgan fingerprint density at radius 2 is 2.04 bits per heavy atom. The number of hydrogen-bond donors (Lipinski definition) is 3. The average Bonchev–Trinajstić information content (AvgIpc) is 3.00. The van der Waals surface area contributed by atoms with E-state index in [9.17, 15) is 19.5 Å². The summed E-state index contributed by atoms with van der Waals surface area (Å²) < 4.78 is 0.862. The summed E-state index contributed by atoms with van der Waals surface area (Å²) in [7, 11) is 0. The van der Waals surface area contributed by atoms with Gasteiger partial charge in [0.15, 0.2) is 5.78 Å². The summed E-state index contributed by atoms with van der Waals surface area (Å²) in [6.45, 7) is 3.44. The summed E-state index contributed by atoms with van der Waals surface area (Å²) in [5.41, 5.74) is -0.553. The molecule has 0 amide bonds. The fourth-order valence-electron chi connectivity index (χ4n) is 2.56. The fraction of sp³-hybridized carbons (Fsp3) is 0.0556. The SMILES string of the molecule is C=CCn1c(O)c(C(=O)C=Cc2c[nH]c3ccccc23)c(=O)[nH]c1=O. The van der Waals surface area contributed by atoms with Crippen molar-refractivity contribution >= 4 is 22.8 Å². The van der Waals surface area contributed by atoms with Crippen LogP contribution in [0.25, 0.3) is 17.0 Å². The molecule has 0 aliphatic carbocycles. The molecular formula is C18H15N3O4. The van der Waals surface area contributed by atoms with Gasteiger partial charge in [0.05, 0.1) is 0 Å². The second kappa shape index (κ2) is 6.48. The molecular weight excluding hydrogens is 322 g/mol. The number of hydrogen-bond acceptors (Lipinski definition) is 4. The van der Waals surface area contributed by atoms with Gasteiger partial charge < -0.3 is 10.1 Å². The molecule has 0 fully saturated rings. The van der Waals surface area contributed by atoms with E-state index in [4.69, 9.17) is 0 Å². The molecule has 0 spiro atoms. The summed E-state index contributed by atoms with van der Waals surface area (Å²) in [6.07, 6.45) is 5.83. The van der Waals surface area contributed by atoms with Gasteiger partial charge in [-0.25, -0.2) is 4.79 Å². The number of benzene rings is 1. The van der Waals surface area contributed by atoms with Gasteiger partial charge in [0.2, 0.25) is 5.88 Å². The number of nitrogens with one attached hydrogen (secondary N) is 2. The number of H-pyrrole nitrogens is 2. The summed E-state index contributed by atoms with van der Waals surface area (Å²) in [4.78, 5) is 41.1. The monoisotopic (exact) mass is 337 g/mol. The number of allylic oxidation sites excluding steroid dienone is 2. The molecule has 3 aromatic rings. The highest BCUT2D eigenvalue weighted by Gasteiger charge is 2.18. The number of carbonyl (C=O) groups is 1. The highest BCUT2D eigenvalue weighted by Crippen LogP contribution is 2.19. The van der Waals surface area contributed by atoms with E-state index >= 15 is 0 Å². The minimum Gasteiger partial charge on any atom is -0.494 e. The van der Waals surface area contributed by atoms with Crippen LogP contribution in [0.1, 0.15) is 15.9 Å². The molecule has 126 valence electrons. The lowest BCUT2D eigenvalue weighted by Crippen LogP contribution is -2.33. The van der Waals surface area contributed by atoms with E-state index in [0.717, 1.165) is 21.0 Å². The standard InChI is InChI=1S/C18H15N3O4/c1-2-9-21-17(24)15(16(23)20-18(21)25)14(22)8-7-11-10-19-13-6-4-3-5-12(11)13/h2-8,10,19,24H,1,9H2,(H,20,23,25). The van der Waals surface area contributed by atoms with Gasteiger partial charge in [-0.2, -0.15) is 0 Å². The van der Waals surface area contributed by atoms with Crippen molar-refractivity contribution in [3.8, 4) is 5.88 Å². The minimum atomic E-state index is -0.934. The maximum Gasteiger partial charge on any atom is 0.331 e. The van der Waals surface area contributed by atoms with E-state index in [-0.39, 0.29) is 6.54 Å². The first-order valence-corrected chi connectivity index (χ1v) is 7.48. The second-order valence-corrected chi connectivity index (χ2v) is 5.34. The van der Waals surface area contributed by atoms with E-state index in [2.05, 4.69) is 11.6 Å². The van der Waals surface area contributed by atoms with E-state index in [1.807, 2.05) is 29.2 Å². The lowest BCUT2D eigenvalue weighted by Gasteiger charge is -2.07. The van der Waals surface area contributed by atoms with Crippen molar-refractivity contribution in [1.82, 2.24) is 14.5 Å². The van der Waals surface area contributed by atoms with Gasteiger partial charge >= 0.3 is 5.69 Å². The normalized spacial score (nSPS) is 11.2. The zero-order valence-electron chi connectivity index (χ0n) is 13.2. The van der Waals surface area contributed by atoms with E-state index < -0.39 is 28.5 Å². The molecule has 7 heteroatoms. The van der Waals surface area contributed by atoms with E-state index in [0.29, 0.717) is 0 Å². The van der Waals surface area contributed by atoms with Crippen molar-refractivity contribution in [2.24, 2.45) is 0 Å². The zero-order chi connectivity index (χ0) is 18.0.